The van der Waals surface area contributed by atoms with Crippen molar-refractivity contribution in [2.24, 2.45) is 5.73 Å². The molecule has 0 fully saturated rings. The zero-order valence-electron chi connectivity index (χ0n) is 19.0. The maximum absolute atomic E-state index is 6.04. The molecule has 0 aliphatic rings. The van der Waals surface area contributed by atoms with Gasteiger partial charge in [-0.3, -0.25) is 0 Å². The van der Waals surface area contributed by atoms with Crippen molar-refractivity contribution in [3.8, 4) is 0 Å². The third-order valence-electron chi connectivity index (χ3n) is 5.88. The van der Waals surface area contributed by atoms with Crippen molar-refractivity contribution in [1.29, 1.82) is 0 Å². The van der Waals surface area contributed by atoms with Crippen LogP contribution in [-0.2, 0) is 31.1 Å². The minimum Gasteiger partial charge on any atom is -0.399 e. The molecule has 0 atom stereocenters. The third-order valence-corrected chi connectivity index (χ3v) is 5.88. The fourth-order valence-corrected chi connectivity index (χ4v) is 4.08. The Kier molecular flexibility index (Phi) is 6.82. The Bertz CT molecular complexity index is 1000. The van der Waals surface area contributed by atoms with E-state index in [9.17, 15) is 0 Å². The monoisotopic (exact) mass is 397 g/mol. The molecule has 1 heteroatoms. The minimum atomic E-state index is 0.209. The van der Waals surface area contributed by atoms with Crippen molar-refractivity contribution in [1.82, 2.24) is 0 Å². The first-order valence-corrected chi connectivity index (χ1v) is 10.9. The Balaban J connectivity index is 1.63. The van der Waals surface area contributed by atoms with Gasteiger partial charge < -0.3 is 5.73 Å². The van der Waals surface area contributed by atoms with Gasteiger partial charge in [-0.1, -0.05) is 94.1 Å². The van der Waals surface area contributed by atoms with E-state index in [-0.39, 0.29) is 5.41 Å². The maximum atomic E-state index is 6.04. The van der Waals surface area contributed by atoms with Gasteiger partial charge in [0, 0.05) is 11.3 Å². The summed E-state index contributed by atoms with van der Waals surface area (Å²) in [5.74, 6) is 0. The average molecular weight is 398 g/mol. The van der Waals surface area contributed by atoms with E-state index in [0.717, 1.165) is 31.2 Å². The van der Waals surface area contributed by atoms with Crippen LogP contribution >= 0.6 is 0 Å². The van der Waals surface area contributed by atoms with Gasteiger partial charge in [0.2, 0.25) is 0 Å². The van der Waals surface area contributed by atoms with Crippen molar-refractivity contribution in [3.05, 3.63) is 112 Å². The predicted octanol–water partition coefficient (Wildman–Crippen LogP) is 6.79. The summed E-state index contributed by atoms with van der Waals surface area (Å²) in [5, 5.41) is 0. The van der Waals surface area contributed by atoms with E-state index in [2.05, 4.69) is 101 Å². The van der Waals surface area contributed by atoms with Crippen LogP contribution in [-0.4, -0.2) is 0 Å². The third kappa shape index (κ3) is 5.63. The van der Waals surface area contributed by atoms with Gasteiger partial charge in [-0.15, -0.1) is 0 Å². The largest absolute Gasteiger partial charge is 0.399 e. The molecule has 3 aromatic rings. The molecule has 0 saturated heterocycles. The fraction of sp³-hybridized carbons (Fsp3) is 0.310. The standard InChI is InChI=1S/C29H35N/c1-21-8-6-11-26(28(21)22(2)30)17-14-25-10-7-9-24(20-25)13-12-23-15-18-27(19-16-23)29(3,4)5/h6-11,15-16,18-20H,2,12-14,17,30H2,1,3-5H3. The first kappa shape index (κ1) is 21.9. The molecule has 0 aromatic heterocycles. The molecule has 0 saturated carbocycles. The van der Waals surface area contributed by atoms with E-state index >= 15 is 0 Å². The van der Waals surface area contributed by atoms with Crippen molar-refractivity contribution in [2.75, 3.05) is 0 Å². The average Bonchev–Trinajstić information content (AvgIpc) is 2.70. The van der Waals surface area contributed by atoms with Gasteiger partial charge in [-0.25, -0.2) is 0 Å². The van der Waals surface area contributed by atoms with E-state index in [1.165, 1.54) is 33.4 Å². The molecule has 0 aliphatic heterocycles. The molecular formula is C29H35N. The summed E-state index contributed by atoms with van der Waals surface area (Å²) in [6.07, 6.45) is 4.13. The minimum absolute atomic E-state index is 0.209. The van der Waals surface area contributed by atoms with Crippen LogP contribution in [0.1, 0.15) is 59.7 Å². The molecule has 30 heavy (non-hydrogen) atoms. The molecule has 0 amide bonds. The molecule has 0 spiro atoms. The summed E-state index contributed by atoms with van der Waals surface area (Å²) in [4.78, 5) is 0. The van der Waals surface area contributed by atoms with Gasteiger partial charge in [-0.05, 0) is 71.4 Å². The quantitative estimate of drug-likeness (QED) is 0.466. The highest BCUT2D eigenvalue weighted by Crippen LogP contribution is 2.23. The highest BCUT2D eigenvalue weighted by molar-refractivity contribution is 5.66. The molecule has 0 heterocycles. The Labute approximate surface area is 182 Å². The van der Waals surface area contributed by atoms with Crippen molar-refractivity contribution in [2.45, 2.75) is 58.8 Å². The van der Waals surface area contributed by atoms with E-state index in [1.807, 2.05) is 0 Å². The lowest BCUT2D eigenvalue weighted by atomic mass is 9.86. The summed E-state index contributed by atoms with van der Waals surface area (Å²) in [7, 11) is 0. The summed E-state index contributed by atoms with van der Waals surface area (Å²) in [5.41, 5.74) is 16.1. The van der Waals surface area contributed by atoms with E-state index in [0.29, 0.717) is 5.70 Å². The lowest BCUT2D eigenvalue weighted by Gasteiger charge is -2.19. The lowest BCUT2D eigenvalue weighted by molar-refractivity contribution is 0.590. The zero-order valence-corrected chi connectivity index (χ0v) is 19.0. The van der Waals surface area contributed by atoms with Gasteiger partial charge in [0.25, 0.3) is 0 Å². The van der Waals surface area contributed by atoms with Gasteiger partial charge >= 0.3 is 0 Å². The van der Waals surface area contributed by atoms with Gasteiger partial charge in [0.1, 0.15) is 0 Å². The Morgan fingerprint density at radius 3 is 1.93 bits per heavy atom. The number of nitrogens with two attached hydrogens (primary N) is 1. The summed E-state index contributed by atoms with van der Waals surface area (Å²) in [6.45, 7) is 12.8. The lowest BCUT2D eigenvalue weighted by Crippen LogP contribution is -2.10. The number of hydrogen-bond acceptors (Lipinski definition) is 1. The molecular weight excluding hydrogens is 362 g/mol. The molecule has 3 aromatic carbocycles. The van der Waals surface area contributed by atoms with Crippen LogP contribution in [0, 0.1) is 6.92 Å². The Morgan fingerprint density at radius 2 is 1.33 bits per heavy atom. The first-order valence-electron chi connectivity index (χ1n) is 10.9. The molecule has 156 valence electrons. The van der Waals surface area contributed by atoms with Gasteiger partial charge in [-0.2, -0.15) is 0 Å². The fourth-order valence-electron chi connectivity index (χ4n) is 4.08. The van der Waals surface area contributed by atoms with Crippen LogP contribution in [0.15, 0.2) is 73.3 Å². The highest BCUT2D eigenvalue weighted by atomic mass is 14.6. The molecule has 0 aliphatic carbocycles. The number of benzene rings is 3. The van der Waals surface area contributed by atoms with Crippen molar-refractivity contribution < 1.29 is 0 Å². The molecule has 3 rings (SSSR count). The molecule has 1 nitrogen and oxygen atoms in total. The van der Waals surface area contributed by atoms with E-state index < -0.39 is 0 Å². The first-order chi connectivity index (χ1) is 14.2. The summed E-state index contributed by atoms with van der Waals surface area (Å²) < 4.78 is 0. The number of hydrogen-bond donors (Lipinski definition) is 1. The maximum Gasteiger partial charge on any atom is 0.0320 e. The van der Waals surface area contributed by atoms with Crippen molar-refractivity contribution in [3.63, 3.8) is 0 Å². The second kappa shape index (κ2) is 9.34. The topological polar surface area (TPSA) is 26.0 Å². The van der Waals surface area contributed by atoms with Crippen LogP contribution in [0.3, 0.4) is 0 Å². The van der Waals surface area contributed by atoms with Crippen LogP contribution in [0.5, 0.6) is 0 Å². The number of rotatable bonds is 7. The van der Waals surface area contributed by atoms with Crippen LogP contribution in [0.4, 0.5) is 0 Å². The smallest absolute Gasteiger partial charge is 0.0320 e. The van der Waals surface area contributed by atoms with Gasteiger partial charge in [0.15, 0.2) is 0 Å². The molecule has 0 radical (unpaired) electrons. The van der Waals surface area contributed by atoms with Crippen LogP contribution in [0.25, 0.3) is 5.70 Å². The molecule has 2 N–H and O–H groups in total. The Morgan fingerprint density at radius 1 is 0.767 bits per heavy atom. The summed E-state index contributed by atoms with van der Waals surface area (Å²) in [6, 6.07) is 24.5. The SMILES string of the molecule is C=C(N)c1c(C)cccc1CCc1cccc(CCc2ccc(C(C)(C)C)cc2)c1. The van der Waals surface area contributed by atoms with Crippen LogP contribution < -0.4 is 5.73 Å². The number of aryl methyl sites for hydroxylation is 5. The Hall–Kier alpha value is -2.80. The highest BCUT2D eigenvalue weighted by Gasteiger charge is 2.12. The second-order valence-electron chi connectivity index (χ2n) is 9.40. The normalized spacial score (nSPS) is 11.5. The molecule has 0 bridgehead atoms. The van der Waals surface area contributed by atoms with Crippen LogP contribution in [0.2, 0.25) is 0 Å². The predicted molar refractivity (Wildman–Crippen MR) is 131 cm³/mol. The van der Waals surface area contributed by atoms with Gasteiger partial charge in [0.05, 0.1) is 0 Å². The van der Waals surface area contributed by atoms with E-state index in [1.54, 1.807) is 0 Å². The second-order valence-corrected chi connectivity index (χ2v) is 9.40. The van der Waals surface area contributed by atoms with Crippen molar-refractivity contribution >= 4 is 5.70 Å². The zero-order chi connectivity index (χ0) is 21.7. The summed E-state index contributed by atoms with van der Waals surface area (Å²) >= 11 is 0. The molecule has 0 unspecified atom stereocenters. The van der Waals surface area contributed by atoms with E-state index in [4.69, 9.17) is 5.73 Å².